The van der Waals surface area contributed by atoms with Gasteiger partial charge in [0.25, 0.3) is 5.91 Å². The third kappa shape index (κ3) is 3.87. The van der Waals surface area contributed by atoms with Gasteiger partial charge < -0.3 is 5.32 Å². The number of aryl methyl sites for hydroxylation is 2. The first-order valence-corrected chi connectivity index (χ1v) is 10.6. The highest BCUT2D eigenvalue weighted by Gasteiger charge is 2.16. The van der Waals surface area contributed by atoms with Crippen molar-refractivity contribution in [3.8, 4) is 22.6 Å². The number of imidazole rings is 1. The van der Waals surface area contributed by atoms with Gasteiger partial charge in [-0.3, -0.25) is 14.2 Å². The summed E-state index contributed by atoms with van der Waals surface area (Å²) < 4.78 is 15.2. The van der Waals surface area contributed by atoms with Gasteiger partial charge in [-0.25, -0.2) is 9.37 Å². The van der Waals surface area contributed by atoms with Crippen LogP contribution >= 0.6 is 0 Å². The van der Waals surface area contributed by atoms with E-state index in [9.17, 15) is 9.18 Å². The Balaban J connectivity index is 1.55. The molecule has 0 radical (unpaired) electrons. The monoisotopic (exact) mass is 436 g/mol. The molecular formula is C27H21FN4O. The Morgan fingerprint density at radius 3 is 2.52 bits per heavy atom. The van der Waals surface area contributed by atoms with E-state index in [1.54, 1.807) is 6.20 Å². The molecule has 0 bridgehead atoms. The van der Waals surface area contributed by atoms with E-state index in [2.05, 4.69) is 28.3 Å². The van der Waals surface area contributed by atoms with Gasteiger partial charge in [-0.05, 0) is 55.3 Å². The van der Waals surface area contributed by atoms with Crippen LogP contribution in [0.15, 0.2) is 85.3 Å². The van der Waals surface area contributed by atoms with Crippen LogP contribution in [0.3, 0.4) is 0 Å². The quantitative estimate of drug-likeness (QED) is 0.372. The number of carbonyl (C=O) groups excluding carboxylic acids is 1. The predicted octanol–water partition coefficient (Wildman–Crippen LogP) is 6.07. The molecule has 0 atom stereocenters. The number of hydrogen-bond donors (Lipinski definition) is 1. The average molecular weight is 436 g/mol. The second kappa shape index (κ2) is 8.31. The smallest absolute Gasteiger partial charge is 0.255 e. The van der Waals surface area contributed by atoms with Crippen molar-refractivity contribution < 1.29 is 9.18 Å². The molecule has 6 heteroatoms. The van der Waals surface area contributed by atoms with Crippen molar-refractivity contribution in [2.24, 2.45) is 0 Å². The third-order valence-corrected chi connectivity index (χ3v) is 5.70. The number of nitrogens with one attached hydrogen (secondary N) is 1. The Morgan fingerprint density at radius 2 is 1.73 bits per heavy atom. The Kier molecular flexibility index (Phi) is 5.18. The number of carbonyl (C=O) groups is 1. The summed E-state index contributed by atoms with van der Waals surface area (Å²) in [5, 5.41) is 2.83. The molecule has 5 aromatic rings. The molecule has 2 aromatic heterocycles. The third-order valence-electron chi connectivity index (χ3n) is 5.70. The highest BCUT2D eigenvalue weighted by molar-refractivity contribution is 6.06. The molecule has 3 aromatic carbocycles. The van der Waals surface area contributed by atoms with Crippen molar-refractivity contribution in [2.75, 3.05) is 5.32 Å². The van der Waals surface area contributed by atoms with Gasteiger partial charge in [-0.15, -0.1) is 0 Å². The molecule has 2 heterocycles. The van der Waals surface area contributed by atoms with Crippen LogP contribution < -0.4 is 5.32 Å². The van der Waals surface area contributed by atoms with Gasteiger partial charge in [-0.2, -0.15) is 0 Å². The minimum absolute atomic E-state index is 0.262. The van der Waals surface area contributed by atoms with E-state index in [0.717, 1.165) is 39.3 Å². The fourth-order valence-electron chi connectivity index (χ4n) is 3.92. The minimum atomic E-state index is -0.351. The SMILES string of the molecule is Cc1ccc(-c2nccn3c(-c4ccccc4C)ncc23)cc1C(=O)Nc1ccc(F)cc1. The van der Waals surface area contributed by atoms with Crippen molar-refractivity contribution >= 4 is 17.1 Å². The van der Waals surface area contributed by atoms with E-state index in [0.29, 0.717) is 11.3 Å². The van der Waals surface area contributed by atoms with E-state index >= 15 is 0 Å². The summed E-state index contributed by atoms with van der Waals surface area (Å²) in [4.78, 5) is 22.2. The number of nitrogens with zero attached hydrogens (tertiary/aromatic N) is 3. The van der Waals surface area contributed by atoms with E-state index in [-0.39, 0.29) is 11.7 Å². The fraction of sp³-hybridized carbons (Fsp3) is 0.0741. The summed E-state index contributed by atoms with van der Waals surface area (Å²) in [6.07, 6.45) is 5.44. The van der Waals surface area contributed by atoms with Crippen molar-refractivity contribution in [2.45, 2.75) is 13.8 Å². The molecule has 33 heavy (non-hydrogen) atoms. The van der Waals surface area contributed by atoms with Gasteiger partial charge >= 0.3 is 0 Å². The molecule has 0 aliphatic heterocycles. The summed E-state index contributed by atoms with van der Waals surface area (Å²) in [6.45, 7) is 3.94. The average Bonchev–Trinajstić information content (AvgIpc) is 3.25. The molecule has 0 aliphatic rings. The van der Waals surface area contributed by atoms with Crippen LogP contribution in [0.5, 0.6) is 0 Å². The summed E-state index contributed by atoms with van der Waals surface area (Å²) >= 11 is 0. The molecule has 1 N–H and O–H groups in total. The maximum absolute atomic E-state index is 13.2. The van der Waals surface area contributed by atoms with Gasteiger partial charge in [0.05, 0.1) is 17.4 Å². The molecule has 0 spiro atoms. The summed E-state index contributed by atoms with van der Waals surface area (Å²) in [5.41, 5.74) is 6.48. The number of halogens is 1. The number of fused-ring (bicyclic) bond motifs is 1. The van der Waals surface area contributed by atoms with Gasteiger partial charge in [0.1, 0.15) is 11.6 Å². The van der Waals surface area contributed by atoms with Crippen LogP contribution in [0.4, 0.5) is 10.1 Å². The van der Waals surface area contributed by atoms with Crippen LogP contribution in [0.2, 0.25) is 0 Å². The zero-order valence-corrected chi connectivity index (χ0v) is 18.2. The standard InChI is InChI=1S/C27H21FN4O/c1-17-5-3-4-6-22(17)26-30-16-24-25(29-13-14-32(24)26)19-8-7-18(2)23(15-19)27(33)31-21-11-9-20(28)10-12-21/h3-16H,1-2H3,(H,31,33). The highest BCUT2D eigenvalue weighted by Crippen LogP contribution is 2.29. The van der Waals surface area contributed by atoms with E-state index < -0.39 is 0 Å². The molecule has 0 saturated heterocycles. The maximum Gasteiger partial charge on any atom is 0.255 e. The zero-order valence-electron chi connectivity index (χ0n) is 18.2. The first-order valence-electron chi connectivity index (χ1n) is 10.6. The Hall–Kier alpha value is -4.32. The molecule has 0 saturated carbocycles. The number of anilines is 1. The van der Waals surface area contributed by atoms with Gasteiger partial charge in [0.2, 0.25) is 0 Å². The second-order valence-electron chi connectivity index (χ2n) is 7.92. The van der Waals surface area contributed by atoms with Crippen molar-refractivity contribution in [3.05, 3.63) is 108 Å². The Labute approximate surface area is 190 Å². The van der Waals surface area contributed by atoms with Crippen LogP contribution in [0.1, 0.15) is 21.5 Å². The lowest BCUT2D eigenvalue weighted by Crippen LogP contribution is -2.13. The number of amides is 1. The molecular weight excluding hydrogens is 415 g/mol. The van der Waals surface area contributed by atoms with Gasteiger partial charge in [0.15, 0.2) is 0 Å². The predicted molar refractivity (Wildman–Crippen MR) is 128 cm³/mol. The van der Waals surface area contributed by atoms with Crippen LogP contribution in [0.25, 0.3) is 28.2 Å². The first kappa shape index (κ1) is 20.6. The fourth-order valence-corrected chi connectivity index (χ4v) is 3.92. The van der Waals surface area contributed by atoms with Crippen molar-refractivity contribution in [1.29, 1.82) is 0 Å². The van der Waals surface area contributed by atoms with Gasteiger partial charge in [0, 0.05) is 34.8 Å². The second-order valence-corrected chi connectivity index (χ2v) is 7.92. The summed E-state index contributed by atoms with van der Waals surface area (Å²) in [5.74, 6) is 0.228. The molecule has 5 rings (SSSR count). The molecule has 5 nitrogen and oxygen atoms in total. The Bertz CT molecular complexity index is 1490. The largest absolute Gasteiger partial charge is 0.322 e. The van der Waals surface area contributed by atoms with Crippen LogP contribution in [-0.2, 0) is 0 Å². The molecule has 0 aliphatic carbocycles. The van der Waals surface area contributed by atoms with Crippen molar-refractivity contribution in [3.63, 3.8) is 0 Å². The topological polar surface area (TPSA) is 59.3 Å². The number of hydrogen-bond acceptors (Lipinski definition) is 3. The number of aromatic nitrogens is 3. The maximum atomic E-state index is 13.2. The van der Waals surface area contributed by atoms with Crippen LogP contribution in [-0.4, -0.2) is 20.3 Å². The lowest BCUT2D eigenvalue weighted by molar-refractivity contribution is 0.102. The highest BCUT2D eigenvalue weighted by atomic mass is 19.1. The summed E-state index contributed by atoms with van der Waals surface area (Å²) in [7, 11) is 0. The number of benzene rings is 3. The van der Waals surface area contributed by atoms with E-state index in [1.165, 1.54) is 24.3 Å². The normalized spacial score (nSPS) is 11.0. The molecule has 162 valence electrons. The van der Waals surface area contributed by atoms with Crippen molar-refractivity contribution in [1.82, 2.24) is 14.4 Å². The van der Waals surface area contributed by atoms with E-state index in [1.807, 2.05) is 60.1 Å². The molecule has 1 amide bonds. The van der Waals surface area contributed by atoms with Crippen LogP contribution in [0, 0.1) is 19.7 Å². The number of rotatable bonds is 4. The van der Waals surface area contributed by atoms with E-state index in [4.69, 9.17) is 0 Å². The molecule has 0 unspecified atom stereocenters. The zero-order chi connectivity index (χ0) is 22.9. The summed E-state index contributed by atoms with van der Waals surface area (Å²) in [6, 6.07) is 19.5. The lowest BCUT2D eigenvalue weighted by atomic mass is 10.0. The minimum Gasteiger partial charge on any atom is -0.322 e. The first-order chi connectivity index (χ1) is 16.0. The van der Waals surface area contributed by atoms with Gasteiger partial charge in [-0.1, -0.05) is 36.4 Å². The Morgan fingerprint density at radius 1 is 0.939 bits per heavy atom. The lowest BCUT2D eigenvalue weighted by Gasteiger charge is -2.11. The molecule has 0 fully saturated rings.